The van der Waals surface area contributed by atoms with Crippen molar-refractivity contribution < 1.29 is 13.2 Å². The predicted molar refractivity (Wildman–Crippen MR) is 117 cm³/mol. The van der Waals surface area contributed by atoms with Crippen molar-refractivity contribution in [3.63, 3.8) is 0 Å². The van der Waals surface area contributed by atoms with Gasteiger partial charge in [-0.1, -0.05) is 41.9 Å². The first-order chi connectivity index (χ1) is 14.4. The summed E-state index contributed by atoms with van der Waals surface area (Å²) in [6.45, 7) is 2.71. The van der Waals surface area contributed by atoms with Crippen LogP contribution < -0.4 is 5.32 Å². The molecule has 0 unspecified atom stereocenters. The van der Waals surface area contributed by atoms with Crippen molar-refractivity contribution in [2.45, 2.75) is 24.3 Å². The number of sulfonamides is 1. The van der Waals surface area contributed by atoms with Crippen LogP contribution in [0.15, 0.2) is 53.6 Å². The fourth-order valence-corrected chi connectivity index (χ4v) is 5.45. The van der Waals surface area contributed by atoms with E-state index >= 15 is 0 Å². The molecule has 1 aliphatic rings. The molecule has 0 radical (unpaired) electrons. The van der Waals surface area contributed by atoms with Gasteiger partial charge in [-0.2, -0.15) is 4.31 Å². The van der Waals surface area contributed by atoms with E-state index in [0.29, 0.717) is 32.5 Å². The average Bonchev–Trinajstić information content (AvgIpc) is 2.74. The minimum Gasteiger partial charge on any atom is -0.355 e. The van der Waals surface area contributed by atoms with Crippen LogP contribution in [0.3, 0.4) is 0 Å². The molecule has 0 saturated carbocycles. The highest BCUT2D eigenvalue weighted by molar-refractivity contribution is 7.89. The standard InChI is InChI=1S/C21H27ClN4O3S/c1-25(16-17-6-3-2-4-7-17)15-12-24-21(27)18-9-13-26(14-10-18)30(28,29)19-8-5-11-23-20(19)22/h2-8,11,18H,9-10,12-16H2,1H3,(H,24,27). The summed E-state index contributed by atoms with van der Waals surface area (Å²) < 4.78 is 26.9. The minimum atomic E-state index is -3.70. The van der Waals surface area contributed by atoms with Crippen molar-refractivity contribution in [3.05, 3.63) is 59.4 Å². The Morgan fingerprint density at radius 2 is 1.90 bits per heavy atom. The number of aromatic nitrogens is 1. The maximum Gasteiger partial charge on any atom is 0.246 e. The lowest BCUT2D eigenvalue weighted by atomic mass is 9.97. The third-order valence-electron chi connectivity index (χ3n) is 5.26. The molecule has 30 heavy (non-hydrogen) atoms. The second kappa shape index (κ2) is 10.3. The second-order valence-corrected chi connectivity index (χ2v) is 9.75. The Morgan fingerprint density at radius 3 is 2.57 bits per heavy atom. The van der Waals surface area contributed by atoms with Crippen LogP contribution in [-0.2, 0) is 21.4 Å². The molecule has 1 saturated heterocycles. The molecule has 9 heteroatoms. The van der Waals surface area contributed by atoms with Crippen LogP contribution in [0.1, 0.15) is 18.4 Å². The van der Waals surface area contributed by atoms with Crippen LogP contribution in [0.4, 0.5) is 0 Å². The zero-order valence-electron chi connectivity index (χ0n) is 17.0. The van der Waals surface area contributed by atoms with E-state index in [1.807, 2.05) is 25.2 Å². The fraction of sp³-hybridized carbons (Fsp3) is 0.429. The van der Waals surface area contributed by atoms with Crippen LogP contribution in [0, 0.1) is 5.92 Å². The Balaban J connectivity index is 1.43. The smallest absolute Gasteiger partial charge is 0.246 e. The number of amides is 1. The van der Waals surface area contributed by atoms with E-state index in [4.69, 9.17) is 11.6 Å². The molecule has 2 aromatic rings. The number of likely N-dealkylation sites (N-methyl/N-ethyl adjacent to an activating group) is 1. The number of hydrogen-bond donors (Lipinski definition) is 1. The Morgan fingerprint density at radius 1 is 1.20 bits per heavy atom. The van der Waals surface area contributed by atoms with Gasteiger partial charge in [0.15, 0.2) is 0 Å². The lowest BCUT2D eigenvalue weighted by Crippen LogP contribution is -2.44. The molecule has 1 aliphatic heterocycles. The first-order valence-corrected chi connectivity index (χ1v) is 11.8. The van der Waals surface area contributed by atoms with E-state index in [-0.39, 0.29) is 21.9 Å². The molecule has 1 aromatic carbocycles. The van der Waals surface area contributed by atoms with E-state index in [2.05, 4.69) is 27.3 Å². The van der Waals surface area contributed by atoms with Crippen molar-refractivity contribution >= 4 is 27.5 Å². The number of carbonyl (C=O) groups excluding carboxylic acids is 1. The highest BCUT2D eigenvalue weighted by Gasteiger charge is 2.33. The zero-order valence-corrected chi connectivity index (χ0v) is 18.6. The van der Waals surface area contributed by atoms with Crippen LogP contribution in [-0.4, -0.2) is 61.7 Å². The topological polar surface area (TPSA) is 82.6 Å². The number of pyridine rings is 1. The van der Waals surface area contributed by atoms with E-state index in [0.717, 1.165) is 13.1 Å². The Kier molecular flexibility index (Phi) is 7.82. The fourth-order valence-electron chi connectivity index (χ4n) is 3.55. The third kappa shape index (κ3) is 5.78. The van der Waals surface area contributed by atoms with Gasteiger partial charge in [0.1, 0.15) is 10.0 Å². The van der Waals surface area contributed by atoms with E-state index < -0.39 is 10.0 Å². The first kappa shape index (κ1) is 22.7. The number of nitrogens with one attached hydrogen (secondary N) is 1. The van der Waals surface area contributed by atoms with Gasteiger partial charge in [-0.05, 0) is 37.6 Å². The third-order valence-corrected chi connectivity index (χ3v) is 7.60. The maximum absolute atomic E-state index is 12.8. The molecule has 1 N–H and O–H groups in total. The molecular weight excluding hydrogens is 424 g/mol. The van der Waals surface area contributed by atoms with E-state index in [9.17, 15) is 13.2 Å². The normalized spacial score (nSPS) is 16.0. The number of benzene rings is 1. The van der Waals surface area contributed by atoms with Crippen LogP contribution in [0.5, 0.6) is 0 Å². The van der Waals surface area contributed by atoms with Crippen molar-refractivity contribution in [1.29, 1.82) is 0 Å². The minimum absolute atomic E-state index is 0.0102. The zero-order chi connectivity index (χ0) is 21.6. The number of nitrogens with zero attached hydrogens (tertiary/aromatic N) is 3. The van der Waals surface area contributed by atoms with Gasteiger partial charge in [-0.25, -0.2) is 13.4 Å². The summed E-state index contributed by atoms with van der Waals surface area (Å²) in [5.74, 6) is -0.195. The molecule has 0 aliphatic carbocycles. The van der Waals surface area contributed by atoms with Crippen LogP contribution in [0.2, 0.25) is 5.15 Å². The summed E-state index contributed by atoms with van der Waals surface area (Å²) in [6.07, 6.45) is 2.43. The predicted octanol–water partition coefficient (Wildman–Crippen LogP) is 2.38. The summed E-state index contributed by atoms with van der Waals surface area (Å²) in [6, 6.07) is 13.2. The van der Waals surface area contributed by atoms with Gasteiger partial charge >= 0.3 is 0 Å². The lowest BCUT2D eigenvalue weighted by molar-refractivity contribution is -0.126. The molecular formula is C21H27ClN4O3S. The Labute approximate surface area is 183 Å². The van der Waals surface area contributed by atoms with E-state index in [1.54, 1.807) is 6.07 Å². The Hall–Kier alpha value is -2.00. The Bertz CT molecular complexity index is 948. The summed E-state index contributed by atoms with van der Waals surface area (Å²) >= 11 is 5.96. The maximum atomic E-state index is 12.8. The summed E-state index contributed by atoms with van der Waals surface area (Å²) in [7, 11) is -1.68. The molecule has 7 nitrogen and oxygen atoms in total. The monoisotopic (exact) mass is 450 g/mol. The molecule has 0 bridgehead atoms. The molecule has 162 valence electrons. The van der Waals surface area contributed by atoms with E-state index in [1.165, 1.54) is 22.1 Å². The van der Waals surface area contributed by atoms with Crippen LogP contribution >= 0.6 is 11.6 Å². The van der Waals surface area contributed by atoms with Gasteiger partial charge in [0.2, 0.25) is 15.9 Å². The quantitative estimate of drug-likeness (QED) is 0.624. The van der Waals surface area contributed by atoms with Crippen molar-refractivity contribution in [3.8, 4) is 0 Å². The summed E-state index contributed by atoms with van der Waals surface area (Å²) in [5, 5.41) is 2.95. The summed E-state index contributed by atoms with van der Waals surface area (Å²) in [5.41, 5.74) is 1.23. The van der Waals surface area contributed by atoms with Crippen molar-refractivity contribution in [2.75, 3.05) is 33.2 Å². The number of piperidine rings is 1. The second-order valence-electron chi connectivity index (χ2n) is 7.49. The first-order valence-electron chi connectivity index (χ1n) is 9.99. The van der Waals surface area contributed by atoms with Crippen LogP contribution in [0.25, 0.3) is 0 Å². The molecule has 1 aromatic heterocycles. The molecule has 2 heterocycles. The SMILES string of the molecule is CN(CCNC(=O)C1CCN(S(=O)(=O)c2cccnc2Cl)CC1)Cc1ccccc1. The van der Waals surface area contributed by atoms with Crippen molar-refractivity contribution in [2.24, 2.45) is 5.92 Å². The van der Waals surface area contributed by atoms with Gasteiger partial charge in [0.25, 0.3) is 0 Å². The number of halogens is 1. The largest absolute Gasteiger partial charge is 0.355 e. The number of carbonyl (C=O) groups is 1. The highest BCUT2D eigenvalue weighted by Crippen LogP contribution is 2.27. The van der Waals surface area contributed by atoms with Gasteiger partial charge in [0, 0.05) is 44.8 Å². The highest BCUT2D eigenvalue weighted by atomic mass is 35.5. The lowest BCUT2D eigenvalue weighted by Gasteiger charge is -2.30. The van der Waals surface area contributed by atoms with Gasteiger partial charge in [-0.3, -0.25) is 4.79 Å². The number of hydrogen-bond acceptors (Lipinski definition) is 5. The van der Waals surface area contributed by atoms with Crippen molar-refractivity contribution in [1.82, 2.24) is 19.5 Å². The average molecular weight is 451 g/mol. The molecule has 0 spiro atoms. The molecule has 1 fully saturated rings. The summed E-state index contributed by atoms with van der Waals surface area (Å²) in [4.78, 5) is 18.5. The van der Waals surface area contributed by atoms with Gasteiger partial charge in [0.05, 0.1) is 0 Å². The number of rotatable bonds is 8. The molecule has 0 atom stereocenters. The van der Waals surface area contributed by atoms with Gasteiger partial charge < -0.3 is 10.2 Å². The van der Waals surface area contributed by atoms with Gasteiger partial charge in [-0.15, -0.1) is 0 Å². The molecule has 1 amide bonds. The molecule has 3 rings (SSSR count).